The van der Waals surface area contributed by atoms with Gasteiger partial charge in [-0.2, -0.15) is 5.10 Å². The van der Waals surface area contributed by atoms with Crippen molar-refractivity contribution in [1.29, 1.82) is 0 Å². The Labute approximate surface area is 131 Å². The van der Waals surface area contributed by atoms with E-state index in [0.29, 0.717) is 10.8 Å². The second kappa shape index (κ2) is 6.07. The van der Waals surface area contributed by atoms with Gasteiger partial charge in [-0.05, 0) is 32.0 Å². The first-order chi connectivity index (χ1) is 10.6. The molecule has 0 aliphatic heterocycles. The van der Waals surface area contributed by atoms with Gasteiger partial charge < -0.3 is 0 Å². The van der Waals surface area contributed by atoms with Crippen LogP contribution in [-0.4, -0.2) is 25.7 Å². The van der Waals surface area contributed by atoms with E-state index in [2.05, 4.69) is 20.4 Å². The van der Waals surface area contributed by atoms with Crippen LogP contribution in [0.1, 0.15) is 30.4 Å². The number of anilines is 1. The van der Waals surface area contributed by atoms with Crippen LogP contribution in [0.2, 0.25) is 0 Å². The van der Waals surface area contributed by atoms with E-state index in [1.807, 2.05) is 37.4 Å². The molecular formula is C15H15N5OS. The number of hydrogen-bond donors (Lipinski definition) is 1. The Hall–Kier alpha value is -2.54. The van der Waals surface area contributed by atoms with Crippen LogP contribution in [0.4, 0.5) is 5.13 Å². The summed E-state index contributed by atoms with van der Waals surface area (Å²) in [5.74, 6) is -0.215. The van der Waals surface area contributed by atoms with Gasteiger partial charge in [0.25, 0.3) is 5.91 Å². The number of rotatable bonds is 4. The molecule has 3 aromatic heterocycles. The molecule has 0 aliphatic carbocycles. The van der Waals surface area contributed by atoms with Gasteiger partial charge in [-0.1, -0.05) is 6.07 Å². The number of carbonyl (C=O) groups excluding carboxylic acids is 1. The normalized spacial score (nSPS) is 10.9. The van der Waals surface area contributed by atoms with Crippen molar-refractivity contribution in [2.24, 2.45) is 0 Å². The first-order valence-corrected chi connectivity index (χ1v) is 7.75. The van der Waals surface area contributed by atoms with Gasteiger partial charge in [-0.15, -0.1) is 11.3 Å². The molecular weight excluding hydrogens is 298 g/mol. The van der Waals surface area contributed by atoms with Gasteiger partial charge in [0.05, 0.1) is 5.69 Å². The van der Waals surface area contributed by atoms with Gasteiger partial charge in [-0.25, -0.2) is 4.98 Å². The number of carbonyl (C=O) groups is 1. The Balaban J connectivity index is 1.78. The molecule has 0 aromatic carbocycles. The first-order valence-electron chi connectivity index (χ1n) is 6.87. The molecule has 112 valence electrons. The summed E-state index contributed by atoms with van der Waals surface area (Å²) in [5.41, 5.74) is 2.05. The zero-order valence-electron chi connectivity index (χ0n) is 12.2. The minimum absolute atomic E-state index is 0.121. The van der Waals surface area contributed by atoms with E-state index in [-0.39, 0.29) is 11.9 Å². The van der Waals surface area contributed by atoms with Gasteiger partial charge >= 0.3 is 0 Å². The van der Waals surface area contributed by atoms with E-state index in [4.69, 9.17) is 0 Å². The van der Waals surface area contributed by atoms with E-state index in [1.165, 1.54) is 11.3 Å². The molecule has 0 bridgehead atoms. The Bertz CT molecular complexity index is 778. The molecule has 0 saturated carbocycles. The lowest BCUT2D eigenvalue weighted by atomic mass is 10.3. The second-order valence-electron chi connectivity index (χ2n) is 4.96. The van der Waals surface area contributed by atoms with Gasteiger partial charge in [0, 0.05) is 23.8 Å². The maximum atomic E-state index is 12.3. The molecule has 0 radical (unpaired) electrons. The number of pyridine rings is 1. The SMILES string of the molecule is CC(C)n1nccc1C(=O)Nc1nc(-c2ccccn2)cs1. The van der Waals surface area contributed by atoms with Crippen molar-refractivity contribution < 1.29 is 4.79 Å². The second-order valence-corrected chi connectivity index (χ2v) is 5.82. The Morgan fingerprint density at radius 2 is 2.09 bits per heavy atom. The summed E-state index contributed by atoms with van der Waals surface area (Å²) in [6.07, 6.45) is 3.34. The predicted octanol–water partition coefficient (Wildman–Crippen LogP) is 3.23. The smallest absolute Gasteiger partial charge is 0.275 e. The molecule has 1 amide bonds. The highest BCUT2D eigenvalue weighted by atomic mass is 32.1. The van der Waals surface area contributed by atoms with Crippen LogP contribution in [0.15, 0.2) is 42.0 Å². The monoisotopic (exact) mass is 313 g/mol. The average Bonchev–Trinajstić information content (AvgIpc) is 3.17. The number of nitrogens with one attached hydrogen (secondary N) is 1. The lowest BCUT2D eigenvalue weighted by Crippen LogP contribution is -2.18. The Morgan fingerprint density at radius 1 is 1.23 bits per heavy atom. The minimum atomic E-state index is -0.215. The maximum Gasteiger partial charge on any atom is 0.275 e. The van der Waals surface area contributed by atoms with Crippen LogP contribution >= 0.6 is 11.3 Å². The van der Waals surface area contributed by atoms with Crippen LogP contribution in [0.5, 0.6) is 0 Å². The van der Waals surface area contributed by atoms with Crippen molar-refractivity contribution in [3.05, 3.63) is 47.7 Å². The molecule has 0 spiro atoms. The Morgan fingerprint density at radius 3 is 2.82 bits per heavy atom. The summed E-state index contributed by atoms with van der Waals surface area (Å²) in [6.45, 7) is 3.96. The van der Waals surface area contributed by atoms with Crippen molar-refractivity contribution in [3.63, 3.8) is 0 Å². The quantitative estimate of drug-likeness (QED) is 0.802. The number of hydrogen-bond acceptors (Lipinski definition) is 5. The van der Waals surface area contributed by atoms with Crippen molar-refractivity contribution in [3.8, 4) is 11.4 Å². The topological polar surface area (TPSA) is 72.7 Å². The lowest BCUT2D eigenvalue weighted by Gasteiger charge is -2.09. The van der Waals surface area contributed by atoms with E-state index in [0.717, 1.165) is 11.4 Å². The van der Waals surface area contributed by atoms with E-state index < -0.39 is 0 Å². The summed E-state index contributed by atoms with van der Waals surface area (Å²) < 4.78 is 1.68. The van der Waals surface area contributed by atoms with Crippen molar-refractivity contribution in [2.45, 2.75) is 19.9 Å². The first kappa shape index (κ1) is 14.4. The van der Waals surface area contributed by atoms with Gasteiger partial charge in [0.1, 0.15) is 11.4 Å². The number of aromatic nitrogens is 4. The molecule has 7 heteroatoms. The molecule has 3 aromatic rings. The molecule has 22 heavy (non-hydrogen) atoms. The van der Waals surface area contributed by atoms with Gasteiger partial charge in [-0.3, -0.25) is 19.8 Å². The molecule has 0 fully saturated rings. The molecule has 0 saturated heterocycles. The fourth-order valence-electron chi connectivity index (χ4n) is 2.03. The molecule has 3 heterocycles. The summed E-state index contributed by atoms with van der Waals surface area (Å²) >= 11 is 1.37. The molecule has 0 unspecified atom stereocenters. The predicted molar refractivity (Wildman–Crippen MR) is 85.9 cm³/mol. The summed E-state index contributed by atoms with van der Waals surface area (Å²) in [5, 5.41) is 9.39. The van der Waals surface area contributed by atoms with Gasteiger partial charge in [0.2, 0.25) is 0 Å². The van der Waals surface area contributed by atoms with Crippen LogP contribution < -0.4 is 5.32 Å². The van der Waals surface area contributed by atoms with Crippen LogP contribution in [0.3, 0.4) is 0 Å². The number of nitrogens with zero attached hydrogens (tertiary/aromatic N) is 4. The fraction of sp³-hybridized carbons (Fsp3) is 0.200. The number of thiazole rings is 1. The summed E-state index contributed by atoms with van der Waals surface area (Å²) in [4.78, 5) is 21.0. The van der Waals surface area contributed by atoms with E-state index >= 15 is 0 Å². The average molecular weight is 313 g/mol. The molecule has 1 N–H and O–H groups in total. The maximum absolute atomic E-state index is 12.3. The van der Waals surface area contributed by atoms with Crippen LogP contribution in [-0.2, 0) is 0 Å². The largest absolute Gasteiger partial charge is 0.296 e. The summed E-state index contributed by atoms with van der Waals surface area (Å²) in [7, 11) is 0. The molecule has 6 nitrogen and oxygen atoms in total. The lowest BCUT2D eigenvalue weighted by molar-refractivity contribution is 0.101. The zero-order chi connectivity index (χ0) is 15.5. The third-order valence-electron chi connectivity index (χ3n) is 3.04. The third kappa shape index (κ3) is 2.89. The molecule has 0 aliphatic rings. The fourth-order valence-corrected chi connectivity index (χ4v) is 2.73. The van der Waals surface area contributed by atoms with Crippen molar-refractivity contribution in [2.75, 3.05) is 5.32 Å². The number of amides is 1. The van der Waals surface area contributed by atoms with Gasteiger partial charge in [0.15, 0.2) is 5.13 Å². The van der Waals surface area contributed by atoms with E-state index in [9.17, 15) is 4.79 Å². The highest BCUT2D eigenvalue weighted by Gasteiger charge is 2.16. The minimum Gasteiger partial charge on any atom is -0.296 e. The van der Waals surface area contributed by atoms with Crippen molar-refractivity contribution in [1.82, 2.24) is 19.7 Å². The molecule has 0 atom stereocenters. The van der Waals surface area contributed by atoms with E-state index in [1.54, 1.807) is 23.1 Å². The van der Waals surface area contributed by atoms with Crippen LogP contribution in [0, 0.1) is 0 Å². The molecule has 3 rings (SSSR count). The standard InChI is InChI=1S/C15H15N5OS/c1-10(2)20-13(6-8-17-20)14(21)19-15-18-12(9-22-15)11-5-3-4-7-16-11/h3-10H,1-2H3,(H,18,19,21). The zero-order valence-corrected chi connectivity index (χ0v) is 13.0. The van der Waals surface area contributed by atoms with Crippen LogP contribution in [0.25, 0.3) is 11.4 Å². The Kier molecular flexibility index (Phi) is 3.97. The highest BCUT2D eigenvalue weighted by molar-refractivity contribution is 7.14. The van der Waals surface area contributed by atoms with Crippen molar-refractivity contribution >= 4 is 22.4 Å². The summed E-state index contributed by atoms with van der Waals surface area (Å²) in [6, 6.07) is 7.46. The highest BCUT2D eigenvalue weighted by Crippen LogP contribution is 2.23. The third-order valence-corrected chi connectivity index (χ3v) is 3.80.